The number of halogens is 1. The lowest BCUT2D eigenvalue weighted by molar-refractivity contribution is 0.472. The first kappa shape index (κ1) is 15.1. The summed E-state index contributed by atoms with van der Waals surface area (Å²) in [5, 5.41) is 5.37. The van der Waals surface area contributed by atoms with Crippen LogP contribution in [0, 0.1) is 6.92 Å². The van der Waals surface area contributed by atoms with Crippen LogP contribution in [0.15, 0.2) is 30.5 Å². The fourth-order valence-corrected chi connectivity index (χ4v) is 2.46. The van der Waals surface area contributed by atoms with Crippen LogP contribution in [-0.4, -0.2) is 9.78 Å². The van der Waals surface area contributed by atoms with Crippen molar-refractivity contribution >= 4 is 11.6 Å². The fourth-order valence-electron chi connectivity index (χ4n) is 2.28. The van der Waals surface area contributed by atoms with Crippen LogP contribution in [0.3, 0.4) is 0 Å². The molecule has 0 saturated carbocycles. The molecule has 0 fully saturated rings. The molecule has 2 aromatic rings. The molecule has 108 valence electrons. The van der Waals surface area contributed by atoms with Gasteiger partial charge in [-0.15, -0.1) is 0 Å². The van der Waals surface area contributed by atoms with Crippen molar-refractivity contribution in [1.29, 1.82) is 0 Å². The Hall–Kier alpha value is -1.32. The van der Waals surface area contributed by atoms with Gasteiger partial charge in [-0.3, -0.25) is 4.68 Å². The SMILES string of the molecule is CCC(C)n1ccc(CC(N)c2cccc(Cl)c2C)n1. The summed E-state index contributed by atoms with van der Waals surface area (Å²) in [4.78, 5) is 0. The zero-order chi connectivity index (χ0) is 14.7. The average molecular weight is 292 g/mol. The summed E-state index contributed by atoms with van der Waals surface area (Å²) in [7, 11) is 0. The molecule has 2 unspecified atom stereocenters. The zero-order valence-corrected chi connectivity index (χ0v) is 13.1. The monoisotopic (exact) mass is 291 g/mol. The van der Waals surface area contributed by atoms with E-state index in [1.807, 2.05) is 42.1 Å². The standard InChI is InChI=1S/C16H22ClN3/c1-4-11(2)20-9-8-13(19-20)10-16(18)14-6-5-7-15(17)12(14)3/h5-9,11,16H,4,10,18H2,1-3H3. The number of rotatable bonds is 5. The number of hydrogen-bond donors (Lipinski definition) is 1. The van der Waals surface area contributed by atoms with Crippen molar-refractivity contribution in [3.8, 4) is 0 Å². The zero-order valence-electron chi connectivity index (χ0n) is 12.3. The van der Waals surface area contributed by atoms with Gasteiger partial charge in [0.1, 0.15) is 0 Å². The van der Waals surface area contributed by atoms with Crippen LogP contribution in [0.5, 0.6) is 0 Å². The van der Waals surface area contributed by atoms with Crippen LogP contribution >= 0.6 is 11.6 Å². The molecule has 0 aliphatic carbocycles. The Kier molecular flexibility index (Phi) is 4.84. The molecule has 3 nitrogen and oxygen atoms in total. The van der Waals surface area contributed by atoms with Crippen LogP contribution in [0.25, 0.3) is 0 Å². The van der Waals surface area contributed by atoms with Gasteiger partial charge in [-0.1, -0.05) is 30.7 Å². The molecule has 1 aromatic heterocycles. The van der Waals surface area contributed by atoms with Crippen molar-refractivity contribution in [2.45, 2.75) is 45.7 Å². The van der Waals surface area contributed by atoms with Crippen molar-refractivity contribution < 1.29 is 0 Å². The molecule has 20 heavy (non-hydrogen) atoms. The Morgan fingerprint density at radius 1 is 1.35 bits per heavy atom. The molecular formula is C16H22ClN3. The lowest BCUT2D eigenvalue weighted by Crippen LogP contribution is -2.15. The van der Waals surface area contributed by atoms with E-state index < -0.39 is 0 Å². The normalized spacial score (nSPS) is 14.2. The second kappa shape index (κ2) is 6.42. The van der Waals surface area contributed by atoms with Crippen LogP contribution in [-0.2, 0) is 6.42 Å². The first-order valence-corrected chi connectivity index (χ1v) is 7.45. The number of nitrogens with zero attached hydrogens (tertiary/aromatic N) is 2. The lowest BCUT2D eigenvalue weighted by Gasteiger charge is -2.14. The summed E-state index contributed by atoms with van der Waals surface area (Å²) in [5.74, 6) is 0. The molecule has 0 spiro atoms. The van der Waals surface area contributed by atoms with Crippen molar-refractivity contribution in [2.24, 2.45) is 5.73 Å². The Morgan fingerprint density at radius 3 is 2.80 bits per heavy atom. The molecular weight excluding hydrogens is 270 g/mol. The third kappa shape index (κ3) is 3.22. The van der Waals surface area contributed by atoms with Gasteiger partial charge in [0.15, 0.2) is 0 Å². The number of benzene rings is 1. The van der Waals surface area contributed by atoms with Crippen LogP contribution in [0.4, 0.5) is 0 Å². The molecule has 0 saturated heterocycles. The smallest absolute Gasteiger partial charge is 0.0643 e. The maximum absolute atomic E-state index is 6.31. The van der Waals surface area contributed by atoms with E-state index in [0.717, 1.165) is 34.7 Å². The van der Waals surface area contributed by atoms with Gasteiger partial charge in [0.25, 0.3) is 0 Å². The van der Waals surface area contributed by atoms with Crippen LogP contribution in [0.1, 0.15) is 49.2 Å². The van der Waals surface area contributed by atoms with Crippen LogP contribution < -0.4 is 5.73 Å². The van der Waals surface area contributed by atoms with E-state index >= 15 is 0 Å². The van der Waals surface area contributed by atoms with E-state index in [4.69, 9.17) is 17.3 Å². The highest BCUT2D eigenvalue weighted by atomic mass is 35.5. The first-order chi connectivity index (χ1) is 9.52. The minimum Gasteiger partial charge on any atom is -0.324 e. The Balaban J connectivity index is 2.13. The summed E-state index contributed by atoms with van der Waals surface area (Å²) < 4.78 is 2.01. The van der Waals surface area contributed by atoms with E-state index in [9.17, 15) is 0 Å². The van der Waals surface area contributed by atoms with E-state index in [0.29, 0.717) is 6.04 Å². The molecule has 0 aliphatic heterocycles. The van der Waals surface area contributed by atoms with Crippen molar-refractivity contribution in [1.82, 2.24) is 9.78 Å². The second-order valence-electron chi connectivity index (χ2n) is 5.31. The van der Waals surface area contributed by atoms with Gasteiger partial charge in [-0.25, -0.2) is 0 Å². The maximum atomic E-state index is 6.31. The van der Waals surface area contributed by atoms with Gasteiger partial charge in [-0.2, -0.15) is 5.10 Å². The van der Waals surface area contributed by atoms with Gasteiger partial charge >= 0.3 is 0 Å². The number of hydrogen-bond acceptors (Lipinski definition) is 2. The summed E-state index contributed by atoms with van der Waals surface area (Å²) in [5.41, 5.74) is 9.48. The van der Waals surface area contributed by atoms with Gasteiger partial charge in [0, 0.05) is 29.7 Å². The Labute approximate surface area is 125 Å². The fraction of sp³-hybridized carbons (Fsp3) is 0.438. The topological polar surface area (TPSA) is 43.8 Å². The van der Waals surface area contributed by atoms with Crippen molar-refractivity contribution in [3.05, 3.63) is 52.3 Å². The van der Waals surface area contributed by atoms with Crippen molar-refractivity contribution in [2.75, 3.05) is 0 Å². The third-order valence-corrected chi connectivity index (χ3v) is 4.25. The quantitative estimate of drug-likeness (QED) is 0.903. The number of nitrogens with two attached hydrogens (primary N) is 1. The average Bonchev–Trinajstić information content (AvgIpc) is 2.89. The number of aromatic nitrogens is 2. The predicted molar refractivity (Wildman–Crippen MR) is 84.1 cm³/mol. The largest absolute Gasteiger partial charge is 0.324 e. The van der Waals surface area contributed by atoms with E-state index in [2.05, 4.69) is 18.9 Å². The lowest BCUT2D eigenvalue weighted by atomic mass is 9.98. The minimum absolute atomic E-state index is 0.0750. The molecule has 2 N–H and O–H groups in total. The van der Waals surface area contributed by atoms with Gasteiger partial charge in [0.05, 0.1) is 5.69 Å². The molecule has 0 aliphatic rings. The summed E-state index contributed by atoms with van der Waals surface area (Å²) in [6, 6.07) is 8.28. The van der Waals surface area contributed by atoms with Gasteiger partial charge < -0.3 is 5.73 Å². The highest BCUT2D eigenvalue weighted by Gasteiger charge is 2.13. The summed E-state index contributed by atoms with van der Waals surface area (Å²) >= 11 is 6.15. The molecule has 0 radical (unpaired) electrons. The van der Waals surface area contributed by atoms with E-state index in [-0.39, 0.29) is 6.04 Å². The maximum Gasteiger partial charge on any atom is 0.0643 e. The highest BCUT2D eigenvalue weighted by Crippen LogP contribution is 2.25. The summed E-state index contributed by atoms with van der Waals surface area (Å²) in [6.07, 6.45) is 3.83. The van der Waals surface area contributed by atoms with Gasteiger partial charge in [0.2, 0.25) is 0 Å². The molecule has 2 atom stereocenters. The minimum atomic E-state index is -0.0750. The highest BCUT2D eigenvalue weighted by molar-refractivity contribution is 6.31. The van der Waals surface area contributed by atoms with Crippen molar-refractivity contribution in [3.63, 3.8) is 0 Å². The van der Waals surface area contributed by atoms with E-state index in [1.54, 1.807) is 0 Å². The predicted octanol–water partition coefficient (Wildman–Crippen LogP) is 4.06. The second-order valence-corrected chi connectivity index (χ2v) is 5.72. The molecule has 2 rings (SSSR count). The Bertz CT molecular complexity index is 577. The molecule has 1 aromatic carbocycles. The molecule has 0 amide bonds. The molecule has 0 bridgehead atoms. The molecule has 4 heteroatoms. The molecule has 1 heterocycles. The van der Waals surface area contributed by atoms with E-state index in [1.165, 1.54) is 0 Å². The van der Waals surface area contributed by atoms with Crippen LogP contribution in [0.2, 0.25) is 5.02 Å². The Morgan fingerprint density at radius 2 is 2.10 bits per heavy atom. The summed E-state index contributed by atoms with van der Waals surface area (Å²) in [6.45, 7) is 6.33. The third-order valence-electron chi connectivity index (χ3n) is 3.84. The first-order valence-electron chi connectivity index (χ1n) is 7.07. The van der Waals surface area contributed by atoms with Gasteiger partial charge in [-0.05, 0) is 43.5 Å².